The summed E-state index contributed by atoms with van der Waals surface area (Å²) in [6.07, 6.45) is 1.94. The van der Waals surface area contributed by atoms with E-state index in [1.807, 2.05) is 49.4 Å². The van der Waals surface area contributed by atoms with Crippen LogP contribution in [0.5, 0.6) is 0 Å². The number of para-hydroxylation sites is 1. The molecule has 2 amide bonds. The van der Waals surface area contributed by atoms with E-state index in [-0.39, 0.29) is 18.9 Å². The lowest BCUT2D eigenvalue weighted by Gasteiger charge is -2.33. The highest BCUT2D eigenvalue weighted by molar-refractivity contribution is 7.92. The second-order valence-corrected chi connectivity index (χ2v) is 11.1. The summed E-state index contributed by atoms with van der Waals surface area (Å²) in [6, 6.07) is 22.6. The minimum absolute atomic E-state index is 0.105. The largest absolute Gasteiger partial charge is 0.357 e. The summed E-state index contributed by atoms with van der Waals surface area (Å²) in [5.41, 5.74) is 2.89. The molecule has 0 fully saturated rings. The lowest BCUT2D eigenvalue weighted by atomic mass is 10.0. The Balaban J connectivity index is 2.04. The van der Waals surface area contributed by atoms with Gasteiger partial charge >= 0.3 is 0 Å². The molecule has 3 rings (SSSR count). The van der Waals surface area contributed by atoms with Gasteiger partial charge in [0, 0.05) is 25.0 Å². The molecule has 37 heavy (non-hydrogen) atoms. The van der Waals surface area contributed by atoms with Gasteiger partial charge in [-0.3, -0.25) is 13.9 Å². The molecule has 7 nitrogen and oxygen atoms in total. The molecule has 3 aromatic rings. The number of sulfonamides is 1. The Bertz CT molecular complexity index is 1310. The van der Waals surface area contributed by atoms with Crippen LogP contribution in [0, 0.1) is 0 Å². The molecule has 1 N–H and O–H groups in total. The van der Waals surface area contributed by atoms with E-state index in [0.717, 1.165) is 27.3 Å². The molecule has 9 heteroatoms. The van der Waals surface area contributed by atoms with Crippen molar-refractivity contribution in [3.05, 3.63) is 101 Å². The number of anilines is 1. The van der Waals surface area contributed by atoms with E-state index in [9.17, 15) is 18.0 Å². The lowest BCUT2D eigenvalue weighted by Crippen LogP contribution is -2.53. The summed E-state index contributed by atoms with van der Waals surface area (Å²) in [6.45, 7) is 1.59. The maximum absolute atomic E-state index is 13.9. The fourth-order valence-corrected chi connectivity index (χ4v) is 5.16. The fraction of sp³-hybridized carbons (Fsp3) is 0.286. The number of benzene rings is 3. The molecule has 3 aromatic carbocycles. The number of nitrogens with one attached hydrogen (secondary N) is 1. The highest BCUT2D eigenvalue weighted by Crippen LogP contribution is 2.24. The van der Waals surface area contributed by atoms with E-state index < -0.39 is 28.5 Å². The number of likely N-dealkylation sites (N-methyl/N-ethyl adjacent to an activating group) is 1. The van der Waals surface area contributed by atoms with Gasteiger partial charge in [-0.1, -0.05) is 79.2 Å². The number of aryl methyl sites for hydroxylation is 1. The summed E-state index contributed by atoms with van der Waals surface area (Å²) in [5.74, 6) is -0.832. The zero-order chi connectivity index (χ0) is 27.0. The number of hydrogen-bond acceptors (Lipinski definition) is 4. The number of carbonyl (C=O) groups excluding carboxylic acids is 2. The topological polar surface area (TPSA) is 86.8 Å². The summed E-state index contributed by atoms with van der Waals surface area (Å²) in [7, 11) is -2.28. The third-order valence-electron chi connectivity index (χ3n) is 6.10. The summed E-state index contributed by atoms with van der Waals surface area (Å²) < 4.78 is 26.8. The molecular formula is C28H32ClN3O4S. The second kappa shape index (κ2) is 12.7. The molecule has 0 saturated heterocycles. The van der Waals surface area contributed by atoms with Crippen molar-refractivity contribution in [3.8, 4) is 0 Å². The Morgan fingerprint density at radius 2 is 1.54 bits per heavy atom. The molecule has 0 aliphatic carbocycles. The van der Waals surface area contributed by atoms with Crippen LogP contribution in [0.2, 0.25) is 5.02 Å². The van der Waals surface area contributed by atoms with Gasteiger partial charge in [-0.25, -0.2) is 8.42 Å². The SMILES string of the molecule is CCc1ccccc1N(CC(=O)N(Cc1ccc(Cl)cc1)[C@H](Cc1ccccc1)C(=O)NC)S(C)(=O)=O. The van der Waals surface area contributed by atoms with Gasteiger partial charge in [0.05, 0.1) is 11.9 Å². The van der Waals surface area contributed by atoms with Crippen LogP contribution in [0.15, 0.2) is 78.9 Å². The van der Waals surface area contributed by atoms with Crippen molar-refractivity contribution in [2.75, 3.05) is 24.2 Å². The molecular weight excluding hydrogens is 510 g/mol. The van der Waals surface area contributed by atoms with Crippen LogP contribution in [0.4, 0.5) is 5.69 Å². The predicted molar refractivity (Wildman–Crippen MR) is 148 cm³/mol. The third kappa shape index (κ3) is 7.57. The van der Waals surface area contributed by atoms with Crippen molar-refractivity contribution in [1.82, 2.24) is 10.2 Å². The highest BCUT2D eigenvalue weighted by Gasteiger charge is 2.33. The zero-order valence-electron chi connectivity index (χ0n) is 21.2. The van der Waals surface area contributed by atoms with Crippen molar-refractivity contribution in [3.63, 3.8) is 0 Å². The molecule has 0 aliphatic heterocycles. The van der Waals surface area contributed by atoms with E-state index in [1.54, 1.807) is 36.4 Å². The Morgan fingerprint density at radius 1 is 0.919 bits per heavy atom. The smallest absolute Gasteiger partial charge is 0.244 e. The lowest BCUT2D eigenvalue weighted by molar-refractivity contribution is -0.139. The first-order chi connectivity index (χ1) is 17.6. The molecule has 0 bridgehead atoms. The van der Waals surface area contributed by atoms with Gasteiger partial charge in [-0.15, -0.1) is 0 Å². The van der Waals surface area contributed by atoms with Gasteiger partial charge in [0.1, 0.15) is 12.6 Å². The van der Waals surface area contributed by atoms with Crippen LogP contribution in [0.25, 0.3) is 0 Å². The molecule has 0 aromatic heterocycles. The van der Waals surface area contributed by atoms with Crippen LogP contribution in [-0.2, 0) is 39.0 Å². The van der Waals surface area contributed by atoms with Crippen molar-refractivity contribution in [1.29, 1.82) is 0 Å². The van der Waals surface area contributed by atoms with E-state index in [4.69, 9.17) is 11.6 Å². The molecule has 0 spiro atoms. The van der Waals surface area contributed by atoms with Gasteiger partial charge in [-0.2, -0.15) is 0 Å². The average molecular weight is 542 g/mol. The first kappa shape index (κ1) is 28.2. The molecule has 0 aliphatic rings. The van der Waals surface area contributed by atoms with Gasteiger partial charge in [0.25, 0.3) is 0 Å². The predicted octanol–water partition coefficient (Wildman–Crippen LogP) is 4.05. The van der Waals surface area contributed by atoms with Crippen LogP contribution in [0.1, 0.15) is 23.6 Å². The van der Waals surface area contributed by atoms with Crippen molar-refractivity contribution in [2.45, 2.75) is 32.4 Å². The molecule has 1 atom stereocenters. The second-order valence-electron chi connectivity index (χ2n) is 8.72. The number of halogens is 1. The minimum atomic E-state index is -3.80. The summed E-state index contributed by atoms with van der Waals surface area (Å²) >= 11 is 6.05. The summed E-state index contributed by atoms with van der Waals surface area (Å²) in [4.78, 5) is 28.5. The Hall–Kier alpha value is -3.36. The van der Waals surface area contributed by atoms with Gasteiger partial charge in [0.2, 0.25) is 21.8 Å². The average Bonchev–Trinajstić information content (AvgIpc) is 2.89. The van der Waals surface area contributed by atoms with Crippen LogP contribution in [0.3, 0.4) is 0 Å². The third-order valence-corrected chi connectivity index (χ3v) is 7.48. The van der Waals surface area contributed by atoms with Crippen molar-refractivity contribution >= 4 is 39.1 Å². The van der Waals surface area contributed by atoms with Crippen LogP contribution < -0.4 is 9.62 Å². The maximum atomic E-state index is 13.9. The molecule has 0 heterocycles. The molecule has 0 saturated carbocycles. The van der Waals surface area contributed by atoms with E-state index in [2.05, 4.69) is 5.32 Å². The number of carbonyl (C=O) groups is 2. The Morgan fingerprint density at radius 3 is 2.14 bits per heavy atom. The number of amides is 2. The minimum Gasteiger partial charge on any atom is -0.357 e. The standard InChI is InChI=1S/C28H32ClN3O4S/c1-4-23-12-8-9-13-25(23)32(37(3,35)36)20-27(33)31(19-22-14-16-24(29)17-15-22)26(28(34)30-2)18-21-10-6-5-7-11-21/h5-17,26H,4,18-20H2,1-3H3,(H,30,34)/t26-/m1/s1. The molecule has 0 unspecified atom stereocenters. The van der Waals surface area contributed by atoms with Gasteiger partial charge in [0.15, 0.2) is 0 Å². The summed E-state index contributed by atoms with van der Waals surface area (Å²) in [5, 5.41) is 3.21. The Kier molecular flexibility index (Phi) is 9.72. The first-order valence-corrected chi connectivity index (χ1v) is 14.2. The normalized spacial score (nSPS) is 12.0. The van der Waals surface area contributed by atoms with Crippen LogP contribution in [-0.4, -0.2) is 51.0 Å². The molecule has 0 radical (unpaired) electrons. The first-order valence-electron chi connectivity index (χ1n) is 12.0. The van der Waals surface area contributed by atoms with Crippen LogP contribution >= 0.6 is 11.6 Å². The van der Waals surface area contributed by atoms with E-state index in [1.165, 1.54) is 11.9 Å². The quantitative estimate of drug-likeness (QED) is 0.397. The number of nitrogens with zero attached hydrogens (tertiary/aromatic N) is 2. The van der Waals surface area contributed by atoms with E-state index >= 15 is 0 Å². The maximum Gasteiger partial charge on any atom is 0.244 e. The van der Waals surface area contributed by atoms with Crippen molar-refractivity contribution in [2.24, 2.45) is 0 Å². The van der Waals surface area contributed by atoms with Crippen molar-refractivity contribution < 1.29 is 18.0 Å². The number of hydrogen-bond donors (Lipinski definition) is 1. The van der Waals surface area contributed by atoms with Gasteiger partial charge in [-0.05, 0) is 41.3 Å². The number of rotatable bonds is 11. The zero-order valence-corrected chi connectivity index (χ0v) is 22.8. The molecule has 196 valence electrons. The highest BCUT2D eigenvalue weighted by atomic mass is 35.5. The Labute approximate surface area is 224 Å². The van der Waals surface area contributed by atoms with Gasteiger partial charge < -0.3 is 10.2 Å². The van der Waals surface area contributed by atoms with E-state index in [0.29, 0.717) is 17.1 Å². The monoisotopic (exact) mass is 541 g/mol. The fourth-order valence-electron chi connectivity index (χ4n) is 4.15.